The molecule has 0 fully saturated rings. The van der Waals surface area contributed by atoms with Crippen molar-refractivity contribution in [1.29, 1.82) is 0 Å². The lowest BCUT2D eigenvalue weighted by Gasteiger charge is -2.20. The SMILES string of the molecule is CC[C@H](Oc1ccc2c(c1)CCCC2)C(=O)Nc1ccccc1. The van der Waals surface area contributed by atoms with Gasteiger partial charge in [0, 0.05) is 5.69 Å². The molecule has 0 aromatic heterocycles. The van der Waals surface area contributed by atoms with Crippen LogP contribution in [0.4, 0.5) is 5.69 Å². The third kappa shape index (κ3) is 3.92. The van der Waals surface area contributed by atoms with Crippen LogP contribution in [0.3, 0.4) is 0 Å². The Bertz CT molecular complexity index is 667. The van der Waals surface area contributed by atoms with Gasteiger partial charge in [-0.05, 0) is 67.5 Å². The van der Waals surface area contributed by atoms with E-state index >= 15 is 0 Å². The lowest BCUT2D eigenvalue weighted by molar-refractivity contribution is -0.122. The number of nitrogens with one attached hydrogen (secondary N) is 1. The predicted octanol–water partition coefficient (Wildman–Crippen LogP) is 4.36. The lowest BCUT2D eigenvalue weighted by Crippen LogP contribution is -2.32. The van der Waals surface area contributed by atoms with Crippen LogP contribution in [0.15, 0.2) is 48.5 Å². The van der Waals surface area contributed by atoms with Crippen LogP contribution in [0.5, 0.6) is 5.75 Å². The number of para-hydroxylation sites is 1. The number of carbonyl (C=O) groups excluding carboxylic acids is 1. The summed E-state index contributed by atoms with van der Waals surface area (Å²) < 4.78 is 5.95. The molecule has 0 radical (unpaired) electrons. The Morgan fingerprint density at radius 2 is 1.83 bits per heavy atom. The van der Waals surface area contributed by atoms with Crippen LogP contribution < -0.4 is 10.1 Å². The van der Waals surface area contributed by atoms with Gasteiger partial charge in [0.25, 0.3) is 5.91 Å². The van der Waals surface area contributed by atoms with Crippen molar-refractivity contribution in [2.75, 3.05) is 5.32 Å². The molecule has 0 saturated heterocycles. The fourth-order valence-corrected chi connectivity index (χ4v) is 3.01. The largest absolute Gasteiger partial charge is 0.481 e. The number of carbonyl (C=O) groups is 1. The Labute approximate surface area is 137 Å². The Hall–Kier alpha value is -2.29. The molecule has 0 spiro atoms. The molecule has 1 amide bonds. The third-order valence-electron chi connectivity index (χ3n) is 4.30. The van der Waals surface area contributed by atoms with Crippen molar-refractivity contribution in [3.8, 4) is 5.75 Å². The maximum Gasteiger partial charge on any atom is 0.265 e. The topological polar surface area (TPSA) is 38.3 Å². The quantitative estimate of drug-likeness (QED) is 0.891. The van der Waals surface area contributed by atoms with Gasteiger partial charge >= 0.3 is 0 Å². The second-order valence-electron chi connectivity index (χ2n) is 6.01. The Kier molecular flexibility index (Phi) is 4.96. The summed E-state index contributed by atoms with van der Waals surface area (Å²) in [5, 5.41) is 2.91. The first-order chi connectivity index (χ1) is 11.3. The Morgan fingerprint density at radius 3 is 2.57 bits per heavy atom. The van der Waals surface area contributed by atoms with Gasteiger partial charge < -0.3 is 10.1 Å². The van der Waals surface area contributed by atoms with Gasteiger partial charge in [0.15, 0.2) is 6.10 Å². The van der Waals surface area contributed by atoms with Gasteiger partial charge in [-0.15, -0.1) is 0 Å². The van der Waals surface area contributed by atoms with Crippen molar-refractivity contribution < 1.29 is 9.53 Å². The van der Waals surface area contributed by atoms with Crippen LogP contribution in [0.25, 0.3) is 0 Å². The molecule has 0 aliphatic heterocycles. The van der Waals surface area contributed by atoms with E-state index in [0.29, 0.717) is 6.42 Å². The van der Waals surface area contributed by atoms with Gasteiger partial charge in [-0.1, -0.05) is 31.2 Å². The highest BCUT2D eigenvalue weighted by Gasteiger charge is 2.19. The van der Waals surface area contributed by atoms with E-state index in [1.165, 1.54) is 24.0 Å². The predicted molar refractivity (Wildman–Crippen MR) is 92.9 cm³/mol. The number of fused-ring (bicyclic) bond motifs is 1. The van der Waals surface area contributed by atoms with Crippen molar-refractivity contribution in [3.05, 3.63) is 59.7 Å². The molecule has 3 nitrogen and oxygen atoms in total. The zero-order chi connectivity index (χ0) is 16.1. The molecule has 1 aliphatic carbocycles. The minimum atomic E-state index is -0.475. The van der Waals surface area contributed by atoms with Crippen LogP contribution in [-0.4, -0.2) is 12.0 Å². The van der Waals surface area contributed by atoms with Crippen LogP contribution in [0.2, 0.25) is 0 Å². The van der Waals surface area contributed by atoms with Gasteiger partial charge in [-0.25, -0.2) is 0 Å². The molecule has 0 unspecified atom stereocenters. The first-order valence-corrected chi connectivity index (χ1v) is 8.40. The monoisotopic (exact) mass is 309 g/mol. The minimum Gasteiger partial charge on any atom is -0.481 e. The summed E-state index contributed by atoms with van der Waals surface area (Å²) in [5.41, 5.74) is 3.59. The van der Waals surface area contributed by atoms with E-state index < -0.39 is 6.10 Å². The molecule has 2 aromatic carbocycles. The smallest absolute Gasteiger partial charge is 0.265 e. The summed E-state index contributed by atoms with van der Waals surface area (Å²) in [4.78, 5) is 12.4. The normalized spacial score (nSPS) is 14.7. The average molecular weight is 309 g/mol. The summed E-state index contributed by atoms with van der Waals surface area (Å²) in [6.07, 6.45) is 4.93. The van der Waals surface area contributed by atoms with Crippen LogP contribution in [-0.2, 0) is 17.6 Å². The van der Waals surface area contributed by atoms with Gasteiger partial charge in [0.05, 0.1) is 0 Å². The number of hydrogen-bond donors (Lipinski definition) is 1. The van der Waals surface area contributed by atoms with Gasteiger partial charge in [-0.3, -0.25) is 4.79 Å². The molecule has 3 rings (SSSR count). The summed E-state index contributed by atoms with van der Waals surface area (Å²) in [5.74, 6) is 0.692. The lowest BCUT2D eigenvalue weighted by atomic mass is 9.92. The molecule has 3 heteroatoms. The number of benzene rings is 2. The highest BCUT2D eigenvalue weighted by molar-refractivity contribution is 5.94. The maximum absolute atomic E-state index is 12.4. The molecule has 0 heterocycles. The third-order valence-corrected chi connectivity index (χ3v) is 4.30. The highest BCUT2D eigenvalue weighted by atomic mass is 16.5. The van der Waals surface area contributed by atoms with Crippen molar-refractivity contribution in [2.24, 2.45) is 0 Å². The fourth-order valence-electron chi connectivity index (χ4n) is 3.01. The molecule has 1 atom stereocenters. The standard InChI is InChI=1S/C20H23NO2/c1-2-19(20(22)21-17-10-4-3-5-11-17)23-18-13-12-15-8-6-7-9-16(15)14-18/h3-5,10-14,19H,2,6-9H2,1H3,(H,21,22)/t19-/m0/s1. The molecular formula is C20H23NO2. The molecule has 1 N–H and O–H groups in total. The number of hydrogen-bond acceptors (Lipinski definition) is 2. The van der Waals surface area contributed by atoms with Gasteiger partial charge in [-0.2, -0.15) is 0 Å². The number of anilines is 1. The van der Waals surface area contributed by atoms with Crippen molar-refractivity contribution >= 4 is 11.6 Å². The first kappa shape index (κ1) is 15.6. The zero-order valence-corrected chi connectivity index (χ0v) is 13.5. The van der Waals surface area contributed by atoms with Gasteiger partial charge in [0.1, 0.15) is 5.75 Å². The molecule has 2 aromatic rings. The van der Waals surface area contributed by atoms with E-state index in [4.69, 9.17) is 4.74 Å². The van der Waals surface area contributed by atoms with E-state index in [9.17, 15) is 4.79 Å². The van der Waals surface area contributed by atoms with Gasteiger partial charge in [0.2, 0.25) is 0 Å². The summed E-state index contributed by atoms with van der Waals surface area (Å²) in [6.45, 7) is 1.97. The van der Waals surface area contributed by atoms with E-state index in [1.54, 1.807) is 0 Å². The summed E-state index contributed by atoms with van der Waals surface area (Å²) in [6, 6.07) is 15.7. The molecular weight excluding hydrogens is 286 g/mol. The zero-order valence-electron chi connectivity index (χ0n) is 13.5. The molecule has 23 heavy (non-hydrogen) atoms. The number of aryl methyl sites for hydroxylation is 2. The number of ether oxygens (including phenoxy) is 1. The Morgan fingerprint density at radius 1 is 1.09 bits per heavy atom. The van der Waals surface area contributed by atoms with E-state index in [1.807, 2.05) is 43.3 Å². The van der Waals surface area contributed by atoms with Crippen molar-refractivity contribution in [3.63, 3.8) is 0 Å². The van der Waals surface area contributed by atoms with Crippen molar-refractivity contribution in [2.45, 2.75) is 45.1 Å². The highest BCUT2D eigenvalue weighted by Crippen LogP contribution is 2.26. The Balaban J connectivity index is 1.68. The first-order valence-electron chi connectivity index (χ1n) is 8.40. The molecule has 120 valence electrons. The van der Waals surface area contributed by atoms with Crippen LogP contribution in [0, 0.1) is 0 Å². The fraction of sp³-hybridized carbons (Fsp3) is 0.350. The van der Waals surface area contributed by atoms with E-state index in [2.05, 4.69) is 17.4 Å². The molecule has 0 saturated carbocycles. The maximum atomic E-state index is 12.4. The average Bonchev–Trinajstić information content (AvgIpc) is 2.60. The summed E-state index contributed by atoms with van der Waals surface area (Å²) >= 11 is 0. The molecule has 0 bridgehead atoms. The van der Waals surface area contributed by atoms with E-state index in [0.717, 1.165) is 24.3 Å². The second-order valence-corrected chi connectivity index (χ2v) is 6.01. The van der Waals surface area contributed by atoms with E-state index in [-0.39, 0.29) is 5.91 Å². The number of amides is 1. The van der Waals surface area contributed by atoms with Crippen LogP contribution in [0.1, 0.15) is 37.3 Å². The summed E-state index contributed by atoms with van der Waals surface area (Å²) in [7, 11) is 0. The van der Waals surface area contributed by atoms with Crippen molar-refractivity contribution in [1.82, 2.24) is 0 Å². The second kappa shape index (κ2) is 7.32. The van der Waals surface area contributed by atoms with Crippen LogP contribution >= 0.6 is 0 Å². The molecule has 1 aliphatic rings. The number of rotatable bonds is 5. The minimum absolute atomic E-state index is 0.101.